The van der Waals surface area contributed by atoms with Crippen LogP contribution in [0.5, 0.6) is 0 Å². The van der Waals surface area contributed by atoms with Crippen molar-refractivity contribution in [3.8, 4) is 0 Å². The van der Waals surface area contributed by atoms with Crippen molar-refractivity contribution in [3.63, 3.8) is 0 Å². The van der Waals surface area contributed by atoms with Gasteiger partial charge in [-0.25, -0.2) is 4.68 Å². The maximum Gasteiger partial charge on any atom is 0.209 e. The van der Waals surface area contributed by atoms with Gasteiger partial charge in [-0.2, -0.15) is 0 Å². The fourth-order valence-electron chi connectivity index (χ4n) is 1.44. The molecule has 0 aliphatic rings. The van der Waals surface area contributed by atoms with E-state index in [0.29, 0.717) is 12.5 Å². The van der Waals surface area contributed by atoms with Gasteiger partial charge in [-0.15, -0.1) is 5.10 Å². The molecule has 0 aliphatic carbocycles. The van der Waals surface area contributed by atoms with Crippen molar-refractivity contribution in [2.45, 2.75) is 25.5 Å². The number of nitrogens with one attached hydrogen (secondary N) is 1. The molecule has 0 saturated heterocycles. The molecule has 8 heteroatoms. The summed E-state index contributed by atoms with van der Waals surface area (Å²) in [6, 6.07) is 0. The van der Waals surface area contributed by atoms with Crippen LogP contribution in [-0.4, -0.2) is 66.0 Å². The lowest BCUT2D eigenvalue weighted by atomic mass is 10.2. The van der Waals surface area contributed by atoms with Crippen LogP contribution < -0.4 is 5.32 Å². The van der Waals surface area contributed by atoms with Crippen LogP contribution >= 0.6 is 11.8 Å². The third-order valence-corrected chi connectivity index (χ3v) is 3.31. The Kier molecular flexibility index (Phi) is 9.56. The lowest BCUT2D eigenvalue weighted by molar-refractivity contribution is 0.124. The number of thioether (sulfide) groups is 1. The van der Waals surface area contributed by atoms with Crippen LogP contribution in [0.2, 0.25) is 0 Å². The third kappa shape index (κ3) is 7.78. The summed E-state index contributed by atoms with van der Waals surface area (Å²) in [5, 5.41) is 15.8. The highest BCUT2D eigenvalue weighted by Crippen LogP contribution is 2.12. The van der Waals surface area contributed by atoms with E-state index in [9.17, 15) is 0 Å². The van der Waals surface area contributed by atoms with E-state index in [4.69, 9.17) is 9.47 Å². The van der Waals surface area contributed by atoms with Gasteiger partial charge in [0.25, 0.3) is 0 Å². The van der Waals surface area contributed by atoms with E-state index in [1.807, 2.05) is 4.68 Å². The van der Waals surface area contributed by atoms with E-state index < -0.39 is 0 Å². The van der Waals surface area contributed by atoms with Crippen molar-refractivity contribution in [3.05, 3.63) is 0 Å². The van der Waals surface area contributed by atoms with Crippen LogP contribution in [0.1, 0.15) is 13.8 Å². The Balaban J connectivity index is 2.14. The Bertz CT molecular complexity index is 348. The van der Waals surface area contributed by atoms with Crippen LogP contribution in [0, 0.1) is 5.92 Å². The predicted octanol–water partition coefficient (Wildman–Crippen LogP) is 0.674. The van der Waals surface area contributed by atoms with Crippen LogP contribution in [0.4, 0.5) is 0 Å². The molecule has 1 aromatic rings. The molecule has 0 aromatic carbocycles. The molecular formula is C12H25N5O2S. The van der Waals surface area contributed by atoms with Crippen LogP contribution in [0.25, 0.3) is 0 Å². The second-order valence-electron chi connectivity index (χ2n) is 4.74. The van der Waals surface area contributed by atoms with Crippen LogP contribution in [0.3, 0.4) is 0 Å². The Morgan fingerprint density at radius 1 is 1.30 bits per heavy atom. The van der Waals surface area contributed by atoms with Crippen molar-refractivity contribution in [1.82, 2.24) is 25.5 Å². The maximum absolute atomic E-state index is 5.53. The molecule has 0 saturated carbocycles. The standard InChI is InChI=1S/C12H25N5O2S/c1-11(2)10-19-8-9-20-12-14-15-16-17(12)6-4-13-5-7-18-3/h11,13H,4-10H2,1-3H3. The van der Waals surface area contributed by atoms with E-state index in [-0.39, 0.29) is 0 Å². The summed E-state index contributed by atoms with van der Waals surface area (Å²) < 4.78 is 12.3. The minimum absolute atomic E-state index is 0.573. The summed E-state index contributed by atoms with van der Waals surface area (Å²) in [6.45, 7) is 8.94. The minimum atomic E-state index is 0.573. The first-order valence-electron chi connectivity index (χ1n) is 6.90. The fraction of sp³-hybridized carbons (Fsp3) is 0.917. The summed E-state index contributed by atoms with van der Waals surface area (Å²) in [7, 11) is 1.69. The molecule has 0 unspecified atom stereocenters. The Hall–Kier alpha value is -0.700. The SMILES string of the molecule is COCCNCCn1nnnc1SCCOCC(C)C. The first-order valence-corrected chi connectivity index (χ1v) is 7.89. The monoisotopic (exact) mass is 303 g/mol. The number of ether oxygens (including phenoxy) is 2. The third-order valence-electron chi connectivity index (χ3n) is 2.39. The molecule has 0 bridgehead atoms. The molecule has 0 amide bonds. The molecular weight excluding hydrogens is 278 g/mol. The predicted molar refractivity (Wildman–Crippen MR) is 78.9 cm³/mol. The van der Waals surface area contributed by atoms with Gasteiger partial charge in [-0.1, -0.05) is 25.6 Å². The quantitative estimate of drug-likeness (QED) is 0.449. The van der Waals surface area contributed by atoms with Gasteiger partial charge in [-0.3, -0.25) is 0 Å². The van der Waals surface area contributed by atoms with Gasteiger partial charge in [0.1, 0.15) is 0 Å². The first kappa shape index (κ1) is 17.4. The summed E-state index contributed by atoms with van der Waals surface area (Å²) in [4.78, 5) is 0. The molecule has 1 N–H and O–H groups in total. The second kappa shape index (κ2) is 11.0. The van der Waals surface area contributed by atoms with Gasteiger partial charge in [0.05, 0.1) is 19.8 Å². The van der Waals surface area contributed by atoms with Crippen molar-refractivity contribution in [1.29, 1.82) is 0 Å². The highest BCUT2D eigenvalue weighted by atomic mass is 32.2. The highest BCUT2D eigenvalue weighted by Gasteiger charge is 2.06. The second-order valence-corrected chi connectivity index (χ2v) is 5.81. The number of hydrogen-bond acceptors (Lipinski definition) is 7. The fourth-order valence-corrected chi connectivity index (χ4v) is 2.19. The van der Waals surface area contributed by atoms with Crippen molar-refractivity contribution in [2.75, 3.05) is 45.8 Å². The average molecular weight is 303 g/mol. The summed E-state index contributed by atoms with van der Waals surface area (Å²) in [5.74, 6) is 1.44. The Morgan fingerprint density at radius 3 is 2.90 bits per heavy atom. The lowest BCUT2D eigenvalue weighted by Crippen LogP contribution is -2.24. The number of methoxy groups -OCH3 is 1. The number of hydrogen-bond donors (Lipinski definition) is 1. The molecule has 20 heavy (non-hydrogen) atoms. The van der Waals surface area contributed by atoms with Crippen LogP contribution in [0.15, 0.2) is 5.16 Å². The molecule has 0 radical (unpaired) electrons. The minimum Gasteiger partial charge on any atom is -0.383 e. The number of tetrazole rings is 1. The Labute approximate surface area is 124 Å². The van der Waals surface area contributed by atoms with Gasteiger partial charge in [0.15, 0.2) is 0 Å². The number of rotatable bonds is 12. The van der Waals surface area contributed by atoms with E-state index in [1.54, 1.807) is 18.9 Å². The van der Waals surface area contributed by atoms with Gasteiger partial charge in [0.2, 0.25) is 5.16 Å². The molecule has 0 spiro atoms. The zero-order valence-electron chi connectivity index (χ0n) is 12.5. The highest BCUT2D eigenvalue weighted by molar-refractivity contribution is 7.99. The zero-order valence-corrected chi connectivity index (χ0v) is 13.4. The number of aromatic nitrogens is 4. The van der Waals surface area contributed by atoms with Gasteiger partial charge in [-0.05, 0) is 16.3 Å². The number of nitrogens with zero attached hydrogens (tertiary/aromatic N) is 4. The summed E-state index contributed by atoms with van der Waals surface area (Å²) >= 11 is 1.62. The molecule has 0 fully saturated rings. The van der Waals surface area contributed by atoms with E-state index in [0.717, 1.165) is 43.8 Å². The van der Waals surface area contributed by atoms with E-state index in [2.05, 4.69) is 34.7 Å². The van der Waals surface area contributed by atoms with Crippen molar-refractivity contribution in [2.24, 2.45) is 5.92 Å². The zero-order chi connectivity index (χ0) is 14.6. The first-order chi connectivity index (χ1) is 9.74. The Morgan fingerprint density at radius 2 is 2.15 bits per heavy atom. The molecule has 0 aliphatic heterocycles. The lowest BCUT2D eigenvalue weighted by Gasteiger charge is -2.07. The topological polar surface area (TPSA) is 74.1 Å². The summed E-state index contributed by atoms with van der Waals surface area (Å²) in [6.07, 6.45) is 0. The van der Waals surface area contributed by atoms with E-state index in [1.165, 1.54) is 0 Å². The smallest absolute Gasteiger partial charge is 0.209 e. The molecule has 0 atom stereocenters. The van der Waals surface area contributed by atoms with Gasteiger partial charge in [0, 0.05) is 32.6 Å². The summed E-state index contributed by atoms with van der Waals surface area (Å²) in [5.41, 5.74) is 0. The average Bonchev–Trinajstić information content (AvgIpc) is 2.85. The molecule has 1 heterocycles. The van der Waals surface area contributed by atoms with E-state index >= 15 is 0 Å². The molecule has 1 aromatic heterocycles. The van der Waals surface area contributed by atoms with Crippen molar-refractivity contribution >= 4 is 11.8 Å². The molecule has 1 rings (SSSR count). The molecule has 7 nitrogen and oxygen atoms in total. The van der Waals surface area contributed by atoms with Crippen molar-refractivity contribution < 1.29 is 9.47 Å². The van der Waals surface area contributed by atoms with Gasteiger partial charge >= 0.3 is 0 Å². The normalized spacial score (nSPS) is 11.4. The maximum atomic E-state index is 5.53. The van der Waals surface area contributed by atoms with Gasteiger partial charge < -0.3 is 14.8 Å². The molecule has 116 valence electrons. The van der Waals surface area contributed by atoms with Crippen LogP contribution in [-0.2, 0) is 16.0 Å². The largest absolute Gasteiger partial charge is 0.383 e.